The summed E-state index contributed by atoms with van der Waals surface area (Å²) in [5, 5.41) is 0. The molecule has 0 aliphatic rings. The van der Waals surface area contributed by atoms with Crippen molar-refractivity contribution in [1.82, 2.24) is 0 Å². The van der Waals surface area contributed by atoms with E-state index in [1.165, 1.54) is 83.5 Å². The zero-order chi connectivity index (χ0) is 26.2. The minimum atomic E-state index is 0.945. The van der Waals surface area contributed by atoms with E-state index in [1.54, 1.807) is 0 Å². The van der Waals surface area contributed by atoms with Crippen molar-refractivity contribution < 1.29 is 0 Å². The van der Waals surface area contributed by atoms with Gasteiger partial charge in [0.1, 0.15) is 0 Å². The maximum atomic E-state index is 5.02. The first-order valence-electron chi connectivity index (χ1n) is 15.3. The van der Waals surface area contributed by atoms with Gasteiger partial charge in [-0.1, -0.05) is 140 Å². The predicted octanol–water partition coefficient (Wildman–Crippen LogP) is 11.8. The Labute approximate surface area is 228 Å². The number of nitrogens with zero attached hydrogens (tertiary/aromatic N) is 2. The molecule has 0 N–H and O–H groups in total. The number of hydrogen-bond acceptors (Lipinski definition) is 2. The number of unbranched alkanes of at least 4 members (excludes halogenated alkanes) is 14. The number of allylic oxidation sites excluding steroid dienone is 2. The molecule has 0 aromatic heterocycles. The molecule has 0 saturated heterocycles. The number of benzene rings is 2. The van der Waals surface area contributed by atoms with E-state index in [0.29, 0.717) is 0 Å². The predicted molar refractivity (Wildman–Crippen MR) is 166 cm³/mol. The Morgan fingerprint density at radius 3 is 1.51 bits per heavy atom. The van der Waals surface area contributed by atoms with Crippen LogP contribution in [0.15, 0.2) is 82.8 Å². The molecule has 0 spiro atoms. The van der Waals surface area contributed by atoms with E-state index >= 15 is 0 Å². The summed E-state index contributed by atoms with van der Waals surface area (Å²) in [4.78, 5) is 10.0. The van der Waals surface area contributed by atoms with Crippen LogP contribution < -0.4 is 0 Å². The molecule has 0 fully saturated rings. The topological polar surface area (TPSA) is 24.7 Å². The Hall–Kier alpha value is -2.48. The molecular formula is C35H52N2. The van der Waals surface area contributed by atoms with Gasteiger partial charge in [-0.2, -0.15) is 0 Å². The van der Waals surface area contributed by atoms with E-state index in [4.69, 9.17) is 9.98 Å². The van der Waals surface area contributed by atoms with Crippen molar-refractivity contribution in [2.75, 3.05) is 0 Å². The van der Waals surface area contributed by atoms with Crippen molar-refractivity contribution >= 4 is 22.8 Å². The summed E-state index contributed by atoms with van der Waals surface area (Å²) in [7, 11) is 0. The standard InChI is InChI=1S/C35H52N2/c1-3-5-7-8-9-10-11-12-13-14-15-16-17-18-25-31-35(37-33-28-23-20-24-29-33)34(30-6-4-2)36-32-26-21-19-22-27-32/h19-29,31H,3-18,30H2,1-2H3/b31-25+,36-34?,37-35?. The summed E-state index contributed by atoms with van der Waals surface area (Å²) in [6.07, 6.45) is 27.0. The molecule has 0 radical (unpaired) electrons. The first-order valence-corrected chi connectivity index (χ1v) is 15.3. The highest BCUT2D eigenvalue weighted by molar-refractivity contribution is 6.47. The van der Waals surface area contributed by atoms with Gasteiger partial charge in [0.25, 0.3) is 0 Å². The third-order valence-corrected chi connectivity index (χ3v) is 6.84. The lowest BCUT2D eigenvalue weighted by atomic mass is 10.0. The molecule has 2 aromatic rings. The van der Waals surface area contributed by atoms with Crippen LogP contribution in [0.25, 0.3) is 0 Å². The van der Waals surface area contributed by atoms with Gasteiger partial charge in [0.05, 0.1) is 22.8 Å². The third kappa shape index (κ3) is 15.4. The van der Waals surface area contributed by atoms with Crippen LogP contribution in [0.4, 0.5) is 11.4 Å². The lowest BCUT2D eigenvalue weighted by Gasteiger charge is -2.08. The zero-order valence-corrected chi connectivity index (χ0v) is 23.8. The minimum absolute atomic E-state index is 0.945. The number of rotatable bonds is 21. The van der Waals surface area contributed by atoms with Crippen molar-refractivity contribution in [2.45, 2.75) is 123 Å². The van der Waals surface area contributed by atoms with Gasteiger partial charge in [0.15, 0.2) is 0 Å². The van der Waals surface area contributed by atoms with Crippen molar-refractivity contribution in [1.29, 1.82) is 0 Å². The molecule has 2 rings (SSSR count). The van der Waals surface area contributed by atoms with Crippen molar-refractivity contribution in [3.8, 4) is 0 Å². The molecule has 0 aliphatic carbocycles. The zero-order valence-electron chi connectivity index (χ0n) is 23.8. The Bertz CT molecular complexity index is 880. The monoisotopic (exact) mass is 500 g/mol. The van der Waals surface area contributed by atoms with E-state index in [1.807, 2.05) is 24.3 Å². The molecule has 0 bridgehead atoms. The minimum Gasteiger partial charge on any atom is -0.251 e. The first-order chi connectivity index (χ1) is 18.3. The molecule has 2 nitrogen and oxygen atoms in total. The van der Waals surface area contributed by atoms with Crippen LogP contribution in [0.1, 0.15) is 123 Å². The normalized spacial score (nSPS) is 12.5. The quantitative estimate of drug-likeness (QED) is 0.120. The summed E-state index contributed by atoms with van der Waals surface area (Å²) < 4.78 is 0. The SMILES string of the molecule is CCCCCCCCCCCCCCC/C=C/C(=Nc1ccccc1)C(CCCC)=Nc1ccccc1. The second-order valence-electron chi connectivity index (χ2n) is 10.3. The highest BCUT2D eigenvalue weighted by Gasteiger charge is 2.07. The fourth-order valence-electron chi connectivity index (χ4n) is 4.56. The Balaban J connectivity index is 1.81. The van der Waals surface area contributed by atoms with Crippen LogP contribution in [0.3, 0.4) is 0 Å². The van der Waals surface area contributed by atoms with Crippen molar-refractivity contribution in [3.63, 3.8) is 0 Å². The van der Waals surface area contributed by atoms with Gasteiger partial charge < -0.3 is 0 Å². The highest BCUT2D eigenvalue weighted by Crippen LogP contribution is 2.18. The molecule has 37 heavy (non-hydrogen) atoms. The van der Waals surface area contributed by atoms with Crippen LogP contribution >= 0.6 is 0 Å². The van der Waals surface area contributed by atoms with E-state index in [-0.39, 0.29) is 0 Å². The average Bonchev–Trinajstić information content (AvgIpc) is 2.93. The van der Waals surface area contributed by atoms with E-state index in [0.717, 1.165) is 48.5 Å². The van der Waals surface area contributed by atoms with Crippen LogP contribution in [0.2, 0.25) is 0 Å². The van der Waals surface area contributed by atoms with Crippen LogP contribution in [-0.2, 0) is 0 Å². The molecule has 0 amide bonds. The molecular weight excluding hydrogens is 448 g/mol. The third-order valence-electron chi connectivity index (χ3n) is 6.84. The van der Waals surface area contributed by atoms with E-state index < -0.39 is 0 Å². The van der Waals surface area contributed by atoms with Gasteiger partial charge in [-0.25, -0.2) is 4.99 Å². The summed E-state index contributed by atoms with van der Waals surface area (Å²) >= 11 is 0. The molecule has 0 atom stereocenters. The van der Waals surface area contributed by atoms with E-state index in [2.05, 4.69) is 62.4 Å². The molecule has 2 aromatic carbocycles. The van der Waals surface area contributed by atoms with Gasteiger partial charge in [-0.05, 0) is 56.0 Å². The van der Waals surface area contributed by atoms with Gasteiger partial charge in [-0.3, -0.25) is 4.99 Å². The Morgan fingerprint density at radius 1 is 0.541 bits per heavy atom. The number of hydrogen-bond donors (Lipinski definition) is 0. The highest BCUT2D eigenvalue weighted by atomic mass is 14.8. The Kier molecular flexibility index (Phi) is 17.9. The van der Waals surface area contributed by atoms with Crippen LogP contribution in [0, 0.1) is 0 Å². The van der Waals surface area contributed by atoms with Gasteiger partial charge in [0, 0.05) is 0 Å². The number of aliphatic imine (C=N–C) groups is 2. The lowest BCUT2D eigenvalue weighted by molar-refractivity contribution is 0.540. The van der Waals surface area contributed by atoms with Gasteiger partial charge in [0.2, 0.25) is 0 Å². The fraction of sp³-hybridized carbons (Fsp3) is 0.543. The van der Waals surface area contributed by atoms with E-state index in [9.17, 15) is 0 Å². The second kappa shape index (κ2) is 21.6. The summed E-state index contributed by atoms with van der Waals surface area (Å²) in [5.41, 5.74) is 4.07. The lowest BCUT2D eigenvalue weighted by Crippen LogP contribution is -2.11. The smallest absolute Gasteiger partial charge is 0.0848 e. The molecule has 0 heterocycles. The maximum Gasteiger partial charge on any atom is 0.0848 e. The molecule has 0 unspecified atom stereocenters. The van der Waals surface area contributed by atoms with Gasteiger partial charge in [-0.15, -0.1) is 0 Å². The molecule has 0 aliphatic heterocycles. The summed E-state index contributed by atoms with van der Waals surface area (Å²) in [5.74, 6) is 0. The first kappa shape index (κ1) is 30.7. The molecule has 202 valence electrons. The summed E-state index contributed by atoms with van der Waals surface area (Å²) in [6, 6.07) is 20.6. The van der Waals surface area contributed by atoms with Gasteiger partial charge >= 0.3 is 0 Å². The second-order valence-corrected chi connectivity index (χ2v) is 10.3. The van der Waals surface area contributed by atoms with Crippen molar-refractivity contribution in [2.24, 2.45) is 9.98 Å². The average molecular weight is 501 g/mol. The van der Waals surface area contributed by atoms with Crippen LogP contribution in [-0.4, -0.2) is 11.4 Å². The summed E-state index contributed by atoms with van der Waals surface area (Å²) in [6.45, 7) is 4.53. The fourth-order valence-corrected chi connectivity index (χ4v) is 4.56. The van der Waals surface area contributed by atoms with Crippen molar-refractivity contribution in [3.05, 3.63) is 72.8 Å². The van der Waals surface area contributed by atoms with Crippen LogP contribution in [0.5, 0.6) is 0 Å². The maximum absolute atomic E-state index is 5.02. The molecule has 0 saturated carbocycles. The molecule has 2 heteroatoms. The number of para-hydroxylation sites is 2. The Morgan fingerprint density at radius 2 is 1.00 bits per heavy atom. The largest absolute Gasteiger partial charge is 0.251 e.